The number of nitrogens with zero attached hydrogens (tertiary/aromatic N) is 2. The summed E-state index contributed by atoms with van der Waals surface area (Å²) >= 11 is 0. The van der Waals surface area contributed by atoms with Gasteiger partial charge >= 0.3 is 0 Å². The third kappa shape index (κ3) is 4.15. The van der Waals surface area contributed by atoms with Gasteiger partial charge in [-0.3, -0.25) is 14.5 Å². The van der Waals surface area contributed by atoms with Crippen molar-refractivity contribution in [3.8, 4) is 0 Å². The zero-order valence-corrected chi connectivity index (χ0v) is 19.1. The van der Waals surface area contributed by atoms with Gasteiger partial charge in [-0.15, -0.1) is 0 Å². The molecule has 33 heavy (non-hydrogen) atoms. The van der Waals surface area contributed by atoms with E-state index >= 15 is 4.39 Å². The normalized spacial score (nSPS) is 22.7. The molecular formula is C24H33FN4O4. The van der Waals surface area contributed by atoms with Crippen molar-refractivity contribution in [3.05, 3.63) is 17.6 Å². The molecule has 8 nitrogen and oxygen atoms in total. The van der Waals surface area contributed by atoms with E-state index < -0.39 is 17.4 Å². The quantitative estimate of drug-likeness (QED) is 0.434. The van der Waals surface area contributed by atoms with Crippen LogP contribution in [0.5, 0.6) is 0 Å². The Labute approximate surface area is 193 Å². The Morgan fingerprint density at radius 3 is 2.61 bits per heavy atom. The van der Waals surface area contributed by atoms with Crippen LogP contribution in [0.25, 0.3) is 0 Å². The first kappa shape index (κ1) is 22.7. The van der Waals surface area contributed by atoms with E-state index in [0.717, 1.165) is 32.1 Å². The molecule has 2 saturated carbocycles. The maximum atomic E-state index is 15.4. The van der Waals surface area contributed by atoms with Gasteiger partial charge < -0.3 is 20.5 Å². The molecule has 0 radical (unpaired) electrons. The largest absolute Gasteiger partial charge is 0.381 e. The van der Waals surface area contributed by atoms with Crippen LogP contribution in [-0.4, -0.2) is 49.4 Å². The minimum absolute atomic E-state index is 0.0318. The molecule has 4 aliphatic rings. The third-order valence-corrected chi connectivity index (χ3v) is 7.59. The van der Waals surface area contributed by atoms with Crippen LogP contribution in [0.3, 0.4) is 0 Å². The van der Waals surface area contributed by atoms with Crippen LogP contribution in [0, 0.1) is 23.7 Å². The number of halogens is 1. The number of anilines is 2. The van der Waals surface area contributed by atoms with E-state index in [1.807, 2.05) is 6.92 Å². The summed E-state index contributed by atoms with van der Waals surface area (Å²) in [6.07, 6.45) is 6.07. The zero-order chi connectivity index (χ0) is 23.2. The Hall–Kier alpha value is -2.10. The number of carbonyl (C=O) groups is 2. The predicted molar refractivity (Wildman–Crippen MR) is 120 cm³/mol. The van der Waals surface area contributed by atoms with Crippen molar-refractivity contribution in [2.45, 2.75) is 63.3 Å². The molecule has 3 heterocycles. The summed E-state index contributed by atoms with van der Waals surface area (Å²) in [6, 6.07) is 0.944. The molecule has 2 aliphatic heterocycles. The van der Waals surface area contributed by atoms with E-state index in [1.165, 1.54) is 4.90 Å². The number of ether oxygens (including phenoxy) is 2. The summed E-state index contributed by atoms with van der Waals surface area (Å²) in [5, 5.41) is 2.73. The molecule has 1 aromatic heterocycles. The topological polar surface area (TPSA) is 107 Å². The van der Waals surface area contributed by atoms with Gasteiger partial charge in [0.05, 0.1) is 17.1 Å². The van der Waals surface area contributed by atoms with Gasteiger partial charge in [-0.25, -0.2) is 4.98 Å². The summed E-state index contributed by atoms with van der Waals surface area (Å²) in [7, 11) is 0. The van der Waals surface area contributed by atoms with Crippen LogP contribution in [0.15, 0.2) is 6.07 Å². The molecule has 0 aromatic carbocycles. The Kier molecular flexibility index (Phi) is 6.13. The van der Waals surface area contributed by atoms with Gasteiger partial charge in [0, 0.05) is 31.5 Å². The van der Waals surface area contributed by atoms with Crippen molar-refractivity contribution in [1.82, 2.24) is 4.98 Å². The van der Waals surface area contributed by atoms with Crippen LogP contribution < -0.4 is 16.0 Å². The van der Waals surface area contributed by atoms with Gasteiger partial charge in [0.25, 0.3) is 0 Å². The number of aromatic nitrogens is 1. The molecule has 180 valence electrons. The fraction of sp³-hybridized carbons (Fsp3) is 0.708. The fourth-order valence-corrected chi connectivity index (χ4v) is 5.63. The summed E-state index contributed by atoms with van der Waals surface area (Å²) in [5.41, 5.74) is 6.05. The van der Waals surface area contributed by atoms with Gasteiger partial charge in [0.15, 0.2) is 0 Å². The number of rotatable bonds is 9. The van der Waals surface area contributed by atoms with Crippen LogP contribution in [0.2, 0.25) is 0 Å². The van der Waals surface area contributed by atoms with Gasteiger partial charge in [0.1, 0.15) is 12.5 Å². The lowest BCUT2D eigenvalue weighted by molar-refractivity contribution is -0.127. The van der Waals surface area contributed by atoms with E-state index in [1.54, 1.807) is 6.07 Å². The van der Waals surface area contributed by atoms with Crippen molar-refractivity contribution in [2.75, 3.05) is 36.8 Å². The van der Waals surface area contributed by atoms with Crippen molar-refractivity contribution >= 4 is 23.3 Å². The zero-order valence-electron chi connectivity index (χ0n) is 19.1. The summed E-state index contributed by atoms with van der Waals surface area (Å²) in [5.74, 6) is 0.0143. The van der Waals surface area contributed by atoms with Gasteiger partial charge in [0.2, 0.25) is 17.8 Å². The number of hydrogen-bond acceptors (Lipinski definition) is 6. The van der Waals surface area contributed by atoms with Gasteiger partial charge in [-0.05, 0) is 62.7 Å². The molecule has 3 N–H and O–H groups in total. The third-order valence-electron chi connectivity index (χ3n) is 7.59. The van der Waals surface area contributed by atoms with Crippen LogP contribution in [0.1, 0.15) is 57.4 Å². The second-order valence-electron chi connectivity index (χ2n) is 9.92. The second kappa shape index (κ2) is 8.92. The van der Waals surface area contributed by atoms with E-state index in [-0.39, 0.29) is 35.8 Å². The lowest BCUT2D eigenvalue weighted by atomic mass is 9.75. The lowest BCUT2D eigenvalue weighted by Gasteiger charge is -2.32. The molecule has 1 atom stereocenters. The Morgan fingerprint density at radius 2 is 2.00 bits per heavy atom. The molecule has 5 rings (SSSR count). The maximum absolute atomic E-state index is 15.4. The number of hydrogen-bond donors (Lipinski definition) is 2. The SMILES string of the molecule is CCCOCN1C(=O)C2(CCOCC2)c2c1cc(NC(=O)C(N)C(C1CC1)C1CC1)nc2F. The van der Waals surface area contributed by atoms with Crippen molar-refractivity contribution in [3.63, 3.8) is 0 Å². The lowest BCUT2D eigenvalue weighted by Crippen LogP contribution is -2.45. The van der Waals surface area contributed by atoms with E-state index in [4.69, 9.17) is 15.2 Å². The predicted octanol–water partition coefficient (Wildman–Crippen LogP) is 2.70. The molecule has 1 spiro atoms. The molecule has 3 fully saturated rings. The number of pyridine rings is 1. The molecule has 1 aromatic rings. The van der Waals surface area contributed by atoms with E-state index in [9.17, 15) is 9.59 Å². The summed E-state index contributed by atoms with van der Waals surface area (Å²) in [6.45, 7) is 3.27. The van der Waals surface area contributed by atoms with E-state index in [2.05, 4.69) is 10.3 Å². The van der Waals surface area contributed by atoms with Gasteiger partial charge in [-0.2, -0.15) is 4.39 Å². The molecule has 0 bridgehead atoms. The first-order valence-electron chi connectivity index (χ1n) is 12.2. The highest BCUT2D eigenvalue weighted by atomic mass is 19.1. The van der Waals surface area contributed by atoms with Crippen LogP contribution in [-0.2, 0) is 24.5 Å². The molecular weight excluding hydrogens is 427 g/mol. The average Bonchev–Trinajstić information content (AvgIpc) is 3.72. The van der Waals surface area contributed by atoms with Crippen LogP contribution >= 0.6 is 0 Å². The highest BCUT2D eigenvalue weighted by Crippen LogP contribution is 2.51. The number of nitrogens with one attached hydrogen (secondary N) is 1. The standard InChI is InChI=1S/C24H33FN4O4/c1-2-9-33-13-29-16-12-17(28-22(30)20(26)18(14-3-4-14)15-5-6-15)27-21(25)19(16)24(23(29)31)7-10-32-11-8-24/h12,14-15,18,20H,2-11,13,26H2,1H3,(H,27,28,30). The number of carbonyl (C=O) groups excluding carboxylic acids is 2. The molecule has 1 saturated heterocycles. The highest BCUT2D eigenvalue weighted by molar-refractivity contribution is 6.08. The smallest absolute Gasteiger partial charge is 0.242 e. The van der Waals surface area contributed by atoms with Crippen molar-refractivity contribution in [2.24, 2.45) is 23.5 Å². The minimum Gasteiger partial charge on any atom is -0.381 e. The molecule has 1 unspecified atom stereocenters. The summed E-state index contributed by atoms with van der Waals surface area (Å²) < 4.78 is 26.5. The van der Waals surface area contributed by atoms with Crippen molar-refractivity contribution in [1.29, 1.82) is 0 Å². The van der Waals surface area contributed by atoms with Crippen LogP contribution in [0.4, 0.5) is 15.9 Å². The van der Waals surface area contributed by atoms with Gasteiger partial charge in [-0.1, -0.05) is 6.92 Å². The monoisotopic (exact) mass is 460 g/mol. The number of amides is 2. The Bertz CT molecular complexity index is 915. The Balaban J connectivity index is 1.42. The Morgan fingerprint density at radius 1 is 1.33 bits per heavy atom. The maximum Gasteiger partial charge on any atom is 0.242 e. The fourth-order valence-electron chi connectivity index (χ4n) is 5.63. The first-order valence-corrected chi connectivity index (χ1v) is 12.2. The highest BCUT2D eigenvalue weighted by Gasteiger charge is 2.54. The van der Waals surface area contributed by atoms with Crippen molar-refractivity contribution < 1.29 is 23.5 Å². The average molecular weight is 461 g/mol. The number of fused-ring (bicyclic) bond motifs is 2. The molecule has 2 aliphatic carbocycles. The summed E-state index contributed by atoms with van der Waals surface area (Å²) in [4.78, 5) is 32.0. The van der Waals surface area contributed by atoms with E-state index in [0.29, 0.717) is 50.2 Å². The number of nitrogens with two attached hydrogens (primary N) is 1. The first-order chi connectivity index (χ1) is 16.0. The molecule has 2 amide bonds. The minimum atomic E-state index is -0.998. The molecule has 9 heteroatoms. The second-order valence-corrected chi connectivity index (χ2v) is 9.92.